The number of amides is 3. The van der Waals surface area contributed by atoms with Gasteiger partial charge in [0, 0.05) is 29.4 Å². The Morgan fingerprint density at radius 2 is 1.55 bits per heavy atom. The molecule has 0 spiro atoms. The molecule has 0 aliphatic rings. The predicted molar refractivity (Wildman–Crippen MR) is 175 cm³/mol. The standard InChI is InChI=1S/C35H32F4N6O4/c1-34(2,3)18-31(47)43-32(48)23-8-14-27(28(17-23)49-20-35(37,38)39)41-33-42-29-15-9-24(19-45(29)44-33)22-6-12-26(13-7-22)40-30(46)16-21-4-10-25(36)11-5-21/h4-15,17,19H,16,18,20H2,1-3H3,(H,40,46)(H,41,44)(H,43,47,48). The molecule has 2 heterocycles. The van der Waals surface area contributed by atoms with Crippen LogP contribution < -0.4 is 20.7 Å². The van der Waals surface area contributed by atoms with Gasteiger partial charge in [0.25, 0.3) is 5.91 Å². The zero-order chi connectivity index (χ0) is 35.3. The number of rotatable bonds is 10. The summed E-state index contributed by atoms with van der Waals surface area (Å²) < 4.78 is 58.8. The Balaban J connectivity index is 1.29. The fourth-order valence-corrected chi connectivity index (χ4v) is 4.74. The van der Waals surface area contributed by atoms with Gasteiger partial charge in [-0.3, -0.25) is 19.7 Å². The molecule has 0 atom stereocenters. The lowest BCUT2D eigenvalue weighted by Gasteiger charge is -2.17. The van der Waals surface area contributed by atoms with Crippen molar-refractivity contribution in [3.05, 3.63) is 102 Å². The Morgan fingerprint density at radius 3 is 2.22 bits per heavy atom. The van der Waals surface area contributed by atoms with E-state index < -0.39 is 24.6 Å². The number of hydrogen-bond donors (Lipinski definition) is 3. The van der Waals surface area contributed by atoms with Gasteiger partial charge in [-0.15, -0.1) is 5.10 Å². The van der Waals surface area contributed by atoms with Gasteiger partial charge in [-0.05, 0) is 71.1 Å². The van der Waals surface area contributed by atoms with E-state index in [1.54, 1.807) is 36.5 Å². The maximum atomic E-state index is 13.1. The molecule has 3 N–H and O–H groups in total. The van der Waals surface area contributed by atoms with Gasteiger partial charge in [-0.2, -0.15) is 18.2 Å². The third kappa shape index (κ3) is 9.86. The number of alkyl halides is 3. The molecule has 2 aromatic heterocycles. The molecule has 0 saturated heterocycles. The molecule has 14 heteroatoms. The normalized spacial score (nSPS) is 11.7. The highest BCUT2D eigenvalue weighted by molar-refractivity contribution is 6.05. The summed E-state index contributed by atoms with van der Waals surface area (Å²) in [4.78, 5) is 41.7. The lowest BCUT2D eigenvalue weighted by molar-refractivity contribution is -0.153. The van der Waals surface area contributed by atoms with Crippen molar-refractivity contribution >= 4 is 40.7 Å². The van der Waals surface area contributed by atoms with Crippen molar-refractivity contribution in [1.29, 1.82) is 0 Å². The molecule has 0 bridgehead atoms. The number of hydrogen-bond acceptors (Lipinski definition) is 7. The summed E-state index contributed by atoms with van der Waals surface area (Å²) in [7, 11) is 0. The van der Waals surface area contributed by atoms with Gasteiger partial charge in [0.15, 0.2) is 12.3 Å². The maximum Gasteiger partial charge on any atom is 0.422 e. The van der Waals surface area contributed by atoms with E-state index in [1.807, 2.05) is 39.0 Å². The predicted octanol–water partition coefficient (Wildman–Crippen LogP) is 7.09. The molecule has 3 amide bonds. The molecule has 254 valence electrons. The SMILES string of the molecule is CC(C)(C)CC(=O)NC(=O)c1ccc(Nc2nc3ccc(-c4ccc(NC(=O)Cc5ccc(F)cc5)cc4)cn3n2)c(OCC(F)(F)F)c1. The Hall–Kier alpha value is -5.79. The van der Waals surface area contributed by atoms with Crippen LogP contribution in [0.1, 0.15) is 43.1 Å². The molecule has 49 heavy (non-hydrogen) atoms. The van der Waals surface area contributed by atoms with Crippen LogP contribution in [-0.2, 0) is 16.0 Å². The lowest BCUT2D eigenvalue weighted by atomic mass is 9.92. The van der Waals surface area contributed by atoms with E-state index >= 15 is 0 Å². The van der Waals surface area contributed by atoms with E-state index in [0.717, 1.165) is 17.2 Å². The highest BCUT2D eigenvalue weighted by Gasteiger charge is 2.29. The van der Waals surface area contributed by atoms with Crippen LogP contribution in [0.3, 0.4) is 0 Å². The third-order valence-corrected chi connectivity index (χ3v) is 6.94. The molecule has 0 aliphatic carbocycles. The minimum absolute atomic E-state index is 0.0470. The highest BCUT2D eigenvalue weighted by Crippen LogP contribution is 2.31. The minimum atomic E-state index is -4.65. The van der Waals surface area contributed by atoms with Crippen molar-refractivity contribution in [3.8, 4) is 16.9 Å². The van der Waals surface area contributed by atoms with E-state index in [0.29, 0.717) is 16.9 Å². The number of benzene rings is 3. The van der Waals surface area contributed by atoms with E-state index in [4.69, 9.17) is 4.74 Å². The number of anilines is 3. The Kier molecular flexibility index (Phi) is 9.97. The largest absolute Gasteiger partial charge is 0.482 e. The number of ether oxygens (including phenoxy) is 1. The van der Waals surface area contributed by atoms with Crippen molar-refractivity contribution in [2.75, 3.05) is 17.2 Å². The molecule has 0 aliphatic heterocycles. The molecule has 0 saturated carbocycles. The van der Waals surface area contributed by atoms with Crippen molar-refractivity contribution in [2.24, 2.45) is 5.41 Å². The summed E-state index contributed by atoms with van der Waals surface area (Å²) in [5.41, 5.74) is 2.87. The second-order valence-electron chi connectivity index (χ2n) is 12.4. The van der Waals surface area contributed by atoms with Crippen molar-refractivity contribution < 1.29 is 36.7 Å². The number of nitrogens with one attached hydrogen (secondary N) is 3. The number of pyridine rings is 1. The zero-order valence-electron chi connectivity index (χ0n) is 26.7. The van der Waals surface area contributed by atoms with E-state index in [1.165, 1.54) is 28.8 Å². The van der Waals surface area contributed by atoms with Gasteiger partial charge in [-0.25, -0.2) is 8.91 Å². The molecule has 3 aromatic carbocycles. The molecule has 0 radical (unpaired) electrons. The fourth-order valence-electron chi connectivity index (χ4n) is 4.74. The average Bonchev–Trinajstić information content (AvgIpc) is 3.42. The van der Waals surface area contributed by atoms with Crippen LogP contribution in [0.5, 0.6) is 5.75 Å². The quantitative estimate of drug-likeness (QED) is 0.135. The Bertz CT molecular complexity index is 1990. The van der Waals surface area contributed by atoms with Gasteiger partial charge in [-0.1, -0.05) is 45.0 Å². The number of aromatic nitrogens is 3. The van der Waals surface area contributed by atoms with Crippen LogP contribution in [0.15, 0.2) is 85.1 Å². The molecule has 0 fully saturated rings. The first-order chi connectivity index (χ1) is 23.1. The summed E-state index contributed by atoms with van der Waals surface area (Å²) in [6.07, 6.45) is -2.78. The first-order valence-electron chi connectivity index (χ1n) is 15.1. The monoisotopic (exact) mass is 676 g/mol. The minimum Gasteiger partial charge on any atom is -0.482 e. The summed E-state index contributed by atoms with van der Waals surface area (Å²) >= 11 is 0. The number of fused-ring (bicyclic) bond motifs is 1. The fraction of sp³-hybridized carbons (Fsp3) is 0.229. The summed E-state index contributed by atoms with van der Waals surface area (Å²) in [6.45, 7) is 3.87. The third-order valence-electron chi connectivity index (χ3n) is 6.94. The Labute approximate surface area is 278 Å². The van der Waals surface area contributed by atoms with Crippen molar-refractivity contribution in [1.82, 2.24) is 19.9 Å². The van der Waals surface area contributed by atoms with Crippen LogP contribution in [0, 0.1) is 11.2 Å². The first-order valence-corrected chi connectivity index (χ1v) is 15.1. The number of carbonyl (C=O) groups is 3. The van der Waals surface area contributed by atoms with Gasteiger partial charge in [0.05, 0.1) is 12.1 Å². The molecule has 10 nitrogen and oxygen atoms in total. The number of imide groups is 1. The van der Waals surface area contributed by atoms with Gasteiger partial charge in [0.1, 0.15) is 11.6 Å². The van der Waals surface area contributed by atoms with Crippen LogP contribution in [-0.4, -0.2) is 45.1 Å². The highest BCUT2D eigenvalue weighted by atomic mass is 19.4. The van der Waals surface area contributed by atoms with Crippen molar-refractivity contribution in [2.45, 2.75) is 39.8 Å². The summed E-state index contributed by atoms with van der Waals surface area (Å²) in [5.74, 6) is -2.18. The lowest BCUT2D eigenvalue weighted by Crippen LogP contribution is -2.33. The molecule has 0 unspecified atom stereocenters. The second-order valence-corrected chi connectivity index (χ2v) is 12.4. The van der Waals surface area contributed by atoms with Gasteiger partial charge >= 0.3 is 6.18 Å². The molecule has 5 aromatic rings. The number of carbonyl (C=O) groups excluding carboxylic acids is 3. The van der Waals surface area contributed by atoms with Crippen LogP contribution >= 0.6 is 0 Å². The second kappa shape index (κ2) is 14.1. The first kappa shape index (κ1) is 34.5. The number of halogens is 4. The van der Waals surface area contributed by atoms with E-state index in [-0.39, 0.29) is 52.9 Å². The Morgan fingerprint density at radius 1 is 0.857 bits per heavy atom. The topological polar surface area (TPSA) is 127 Å². The van der Waals surface area contributed by atoms with E-state index in [2.05, 4.69) is 26.0 Å². The summed E-state index contributed by atoms with van der Waals surface area (Å²) in [6, 6.07) is 20.1. The van der Waals surface area contributed by atoms with Crippen LogP contribution in [0.2, 0.25) is 0 Å². The molecular formula is C35H32F4N6O4. The van der Waals surface area contributed by atoms with Crippen LogP contribution in [0.25, 0.3) is 16.8 Å². The van der Waals surface area contributed by atoms with Crippen LogP contribution in [0.4, 0.5) is 34.9 Å². The maximum absolute atomic E-state index is 13.1. The smallest absolute Gasteiger partial charge is 0.422 e. The van der Waals surface area contributed by atoms with Crippen molar-refractivity contribution in [3.63, 3.8) is 0 Å². The van der Waals surface area contributed by atoms with Gasteiger partial charge in [0.2, 0.25) is 17.8 Å². The van der Waals surface area contributed by atoms with E-state index in [9.17, 15) is 31.9 Å². The number of nitrogens with zero attached hydrogens (tertiary/aromatic N) is 3. The zero-order valence-corrected chi connectivity index (χ0v) is 26.7. The average molecular weight is 677 g/mol. The molecular weight excluding hydrogens is 644 g/mol. The summed E-state index contributed by atoms with van der Waals surface area (Å²) in [5, 5.41) is 12.3. The molecule has 5 rings (SSSR count). The van der Waals surface area contributed by atoms with Gasteiger partial charge < -0.3 is 15.4 Å².